The van der Waals surface area contributed by atoms with Gasteiger partial charge < -0.3 is 15.7 Å². The summed E-state index contributed by atoms with van der Waals surface area (Å²) in [6.45, 7) is 7.72. The van der Waals surface area contributed by atoms with Crippen molar-refractivity contribution >= 4 is 5.97 Å². The quantitative estimate of drug-likeness (QED) is 0.701. The molecule has 0 aliphatic carbocycles. The average Bonchev–Trinajstić information content (AvgIpc) is 2.54. The summed E-state index contributed by atoms with van der Waals surface area (Å²) in [6.07, 6.45) is 0.862. The number of rotatable bonds is 6. The molecule has 1 rings (SSSR count). The van der Waals surface area contributed by atoms with Crippen molar-refractivity contribution in [1.29, 1.82) is 0 Å². The van der Waals surface area contributed by atoms with Crippen LogP contribution in [0.3, 0.4) is 0 Å². The highest BCUT2D eigenvalue weighted by Gasteiger charge is 2.22. The van der Waals surface area contributed by atoms with Crippen LogP contribution in [-0.4, -0.2) is 26.8 Å². The zero-order valence-electron chi connectivity index (χ0n) is 12.3. The van der Waals surface area contributed by atoms with E-state index >= 15 is 0 Å². The van der Waals surface area contributed by atoms with Crippen molar-refractivity contribution in [3.8, 4) is 5.88 Å². The van der Waals surface area contributed by atoms with E-state index in [2.05, 4.69) is 4.98 Å². The van der Waals surface area contributed by atoms with Crippen LogP contribution in [0.2, 0.25) is 0 Å². The second-order valence-corrected chi connectivity index (χ2v) is 5.76. The fourth-order valence-corrected chi connectivity index (χ4v) is 1.87. The standard InChI is InChI=1S/C13H23N3O4/c1-7(2)5-9(14)12(18)20-16-10(6-8(3)4)11(17)15-13(16)19/h7-9,17H,5-6,14H2,1-4H3,(H,15,19)/t9-/m0/s1. The number of hydrogen-bond acceptors (Lipinski definition) is 5. The second-order valence-electron chi connectivity index (χ2n) is 5.76. The molecule has 0 amide bonds. The molecule has 1 aromatic rings. The first-order valence-corrected chi connectivity index (χ1v) is 6.73. The molecule has 7 heteroatoms. The van der Waals surface area contributed by atoms with Gasteiger partial charge in [-0.15, -0.1) is 4.73 Å². The maximum absolute atomic E-state index is 11.8. The average molecular weight is 285 g/mol. The highest BCUT2D eigenvalue weighted by atomic mass is 16.7. The minimum Gasteiger partial charge on any atom is -0.493 e. The third-order valence-corrected chi connectivity index (χ3v) is 2.74. The highest BCUT2D eigenvalue weighted by Crippen LogP contribution is 2.15. The van der Waals surface area contributed by atoms with Crippen molar-refractivity contribution in [2.45, 2.75) is 46.6 Å². The number of carbonyl (C=O) groups is 1. The molecule has 0 saturated carbocycles. The molecule has 0 saturated heterocycles. The van der Waals surface area contributed by atoms with Crippen LogP contribution in [0, 0.1) is 11.8 Å². The fraction of sp³-hybridized carbons (Fsp3) is 0.692. The van der Waals surface area contributed by atoms with E-state index in [-0.39, 0.29) is 23.4 Å². The molecule has 4 N–H and O–H groups in total. The van der Waals surface area contributed by atoms with Gasteiger partial charge in [0.2, 0.25) is 5.88 Å². The monoisotopic (exact) mass is 285 g/mol. The van der Waals surface area contributed by atoms with Gasteiger partial charge in [0, 0.05) is 0 Å². The van der Waals surface area contributed by atoms with Gasteiger partial charge >= 0.3 is 11.7 Å². The van der Waals surface area contributed by atoms with Crippen LogP contribution < -0.4 is 16.3 Å². The summed E-state index contributed by atoms with van der Waals surface area (Å²) in [5.74, 6) is -0.548. The largest absolute Gasteiger partial charge is 0.493 e. The third kappa shape index (κ3) is 4.12. The summed E-state index contributed by atoms with van der Waals surface area (Å²) in [4.78, 5) is 30.7. The predicted molar refractivity (Wildman–Crippen MR) is 74.3 cm³/mol. The molecular formula is C13H23N3O4. The van der Waals surface area contributed by atoms with Gasteiger partial charge in [-0.3, -0.25) is 4.98 Å². The molecule has 0 spiro atoms. The molecule has 0 fully saturated rings. The molecule has 1 heterocycles. The molecule has 0 bridgehead atoms. The van der Waals surface area contributed by atoms with Crippen LogP contribution in [-0.2, 0) is 11.2 Å². The van der Waals surface area contributed by atoms with E-state index in [1.807, 2.05) is 27.7 Å². The summed E-state index contributed by atoms with van der Waals surface area (Å²) < 4.78 is 0.790. The molecule has 0 radical (unpaired) electrons. The first kappa shape index (κ1) is 16.3. The Morgan fingerprint density at radius 3 is 2.45 bits per heavy atom. The molecular weight excluding hydrogens is 262 g/mol. The normalized spacial score (nSPS) is 12.9. The van der Waals surface area contributed by atoms with E-state index < -0.39 is 17.7 Å². The zero-order chi connectivity index (χ0) is 15.4. The minimum absolute atomic E-state index is 0.186. The Bertz CT molecular complexity index is 516. The number of aromatic hydroxyl groups is 1. The Hall–Kier alpha value is -1.76. The van der Waals surface area contributed by atoms with Gasteiger partial charge in [0.05, 0.1) is 0 Å². The van der Waals surface area contributed by atoms with Crippen LogP contribution >= 0.6 is 0 Å². The van der Waals surface area contributed by atoms with E-state index in [4.69, 9.17) is 10.6 Å². The SMILES string of the molecule is CC(C)Cc1c(O)[nH]c(=O)n1OC(=O)[C@@H](N)CC(C)C. The van der Waals surface area contributed by atoms with E-state index in [1.165, 1.54) is 0 Å². The number of nitrogens with two attached hydrogens (primary N) is 1. The van der Waals surface area contributed by atoms with Gasteiger partial charge in [-0.1, -0.05) is 27.7 Å². The summed E-state index contributed by atoms with van der Waals surface area (Å²) in [5, 5.41) is 9.66. The number of hydrogen-bond donors (Lipinski definition) is 3. The Kier molecular flexibility index (Phi) is 5.38. The predicted octanol–water partition coefficient (Wildman–Crippen LogP) is 0.409. The minimum atomic E-state index is -0.800. The van der Waals surface area contributed by atoms with Gasteiger partial charge in [-0.2, -0.15) is 0 Å². The Balaban J connectivity index is 2.91. The molecule has 1 atom stereocenters. The molecule has 0 aliphatic heterocycles. The van der Waals surface area contributed by atoms with Crippen LogP contribution in [0.5, 0.6) is 5.88 Å². The van der Waals surface area contributed by atoms with Gasteiger partial charge in [-0.05, 0) is 24.7 Å². The van der Waals surface area contributed by atoms with Crippen LogP contribution in [0.25, 0.3) is 0 Å². The number of aromatic nitrogens is 2. The lowest BCUT2D eigenvalue weighted by Crippen LogP contribution is -2.41. The van der Waals surface area contributed by atoms with Crippen molar-refractivity contribution in [1.82, 2.24) is 9.71 Å². The van der Waals surface area contributed by atoms with Gasteiger partial charge in [-0.25, -0.2) is 9.59 Å². The van der Waals surface area contributed by atoms with E-state index in [0.29, 0.717) is 12.8 Å². The number of carbonyl (C=O) groups excluding carboxylic acids is 1. The van der Waals surface area contributed by atoms with Crippen molar-refractivity contribution in [3.05, 3.63) is 16.2 Å². The Labute approximate surface area is 117 Å². The first-order chi connectivity index (χ1) is 9.22. The van der Waals surface area contributed by atoms with Crippen molar-refractivity contribution in [3.63, 3.8) is 0 Å². The molecule has 7 nitrogen and oxygen atoms in total. The lowest BCUT2D eigenvalue weighted by atomic mass is 10.1. The van der Waals surface area contributed by atoms with Crippen LogP contribution in [0.1, 0.15) is 39.8 Å². The summed E-state index contributed by atoms with van der Waals surface area (Å²) in [7, 11) is 0. The topological polar surface area (TPSA) is 110 Å². The summed E-state index contributed by atoms with van der Waals surface area (Å²) in [6, 6.07) is -0.800. The molecule has 0 aromatic carbocycles. The van der Waals surface area contributed by atoms with Gasteiger partial charge in [0.15, 0.2) is 0 Å². The smallest absolute Gasteiger partial charge is 0.362 e. The summed E-state index contributed by atoms with van der Waals surface area (Å²) >= 11 is 0. The number of nitrogens with zero attached hydrogens (tertiary/aromatic N) is 1. The van der Waals surface area contributed by atoms with E-state index in [0.717, 1.165) is 4.73 Å². The number of aromatic amines is 1. The molecule has 20 heavy (non-hydrogen) atoms. The molecule has 114 valence electrons. The third-order valence-electron chi connectivity index (χ3n) is 2.74. The van der Waals surface area contributed by atoms with Crippen molar-refractivity contribution in [2.24, 2.45) is 17.6 Å². The molecule has 0 unspecified atom stereocenters. The maximum Gasteiger partial charge on any atom is 0.362 e. The second kappa shape index (κ2) is 6.60. The van der Waals surface area contributed by atoms with Crippen molar-refractivity contribution < 1.29 is 14.7 Å². The molecule has 1 aromatic heterocycles. The maximum atomic E-state index is 11.8. The number of H-pyrrole nitrogens is 1. The zero-order valence-corrected chi connectivity index (χ0v) is 12.3. The Morgan fingerprint density at radius 1 is 1.35 bits per heavy atom. The van der Waals surface area contributed by atoms with Crippen LogP contribution in [0.15, 0.2) is 4.79 Å². The molecule has 0 aliphatic rings. The van der Waals surface area contributed by atoms with Crippen LogP contribution in [0.4, 0.5) is 0 Å². The van der Waals surface area contributed by atoms with Gasteiger partial charge in [0.1, 0.15) is 11.7 Å². The van der Waals surface area contributed by atoms with Crippen molar-refractivity contribution in [2.75, 3.05) is 0 Å². The first-order valence-electron chi connectivity index (χ1n) is 6.73. The fourth-order valence-electron chi connectivity index (χ4n) is 1.87. The van der Waals surface area contributed by atoms with Gasteiger partial charge in [0.25, 0.3) is 0 Å². The lowest BCUT2D eigenvalue weighted by Gasteiger charge is -2.14. The lowest BCUT2D eigenvalue weighted by molar-refractivity contribution is -0.146. The summed E-state index contributed by atoms with van der Waals surface area (Å²) in [5.41, 5.74) is 5.27. The van der Waals surface area contributed by atoms with E-state index in [9.17, 15) is 14.7 Å². The Morgan fingerprint density at radius 2 is 1.95 bits per heavy atom. The highest BCUT2D eigenvalue weighted by molar-refractivity contribution is 5.75. The number of imidazole rings is 1. The van der Waals surface area contributed by atoms with E-state index in [1.54, 1.807) is 0 Å². The number of nitrogens with one attached hydrogen (secondary N) is 1.